The predicted octanol–water partition coefficient (Wildman–Crippen LogP) is 3.33. The highest BCUT2D eigenvalue weighted by molar-refractivity contribution is 5.29. The van der Waals surface area contributed by atoms with Gasteiger partial charge in [-0.1, -0.05) is 24.3 Å². The van der Waals surface area contributed by atoms with Crippen LogP contribution in [-0.4, -0.2) is 9.97 Å². The van der Waals surface area contributed by atoms with Gasteiger partial charge in [-0.3, -0.25) is 0 Å². The number of nitrogens with zero attached hydrogens (tertiary/aromatic N) is 2. The summed E-state index contributed by atoms with van der Waals surface area (Å²) in [5.74, 6) is 0.535. The van der Waals surface area contributed by atoms with E-state index in [1.807, 2.05) is 13.0 Å². The summed E-state index contributed by atoms with van der Waals surface area (Å²) in [6, 6.07) is 8.01. The van der Waals surface area contributed by atoms with Crippen LogP contribution >= 0.6 is 0 Å². The first kappa shape index (κ1) is 12.4. The first-order chi connectivity index (χ1) is 8.65. The molecule has 0 aliphatic carbocycles. The molecule has 1 N–H and O–H groups in total. The second-order valence-corrected chi connectivity index (χ2v) is 3.92. The molecule has 1 aromatic carbocycles. The van der Waals surface area contributed by atoms with E-state index in [1.165, 1.54) is 12.1 Å². The van der Waals surface area contributed by atoms with Gasteiger partial charge in [0, 0.05) is 24.0 Å². The number of anilines is 1. The van der Waals surface area contributed by atoms with Crippen LogP contribution in [0, 0.1) is 6.92 Å². The van der Waals surface area contributed by atoms with E-state index in [0.29, 0.717) is 12.5 Å². The zero-order valence-corrected chi connectivity index (χ0v) is 9.90. The Hall–Kier alpha value is -2.04. The lowest BCUT2D eigenvalue weighted by Crippen LogP contribution is -2.04. The molecule has 5 heteroatoms. The van der Waals surface area contributed by atoms with Crippen molar-refractivity contribution < 1.29 is 8.78 Å². The standard InChI is InChI=1S/C13H13F2N3/c1-9-6-7-16-13(18-9)17-8-10-2-4-11(5-3-10)12(14)15/h2-7,12H,8H2,1H3,(H,16,17,18). The molecule has 18 heavy (non-hydrogen) atoms. The Balaban J connectivity index is 1.98. The highest BCUT2D eigenvalue weighted by Crippen LogP contribution is 2.18. The van der Waals surface area contributed by atoms with Gasteiger partial charge in [0.2, 0.25) is 5.95 Å². The SMILES string of the molecule is Cc1ccnc(NCc2ccc(C(F)F)cc2)n1. The van der Waals surface area contributed by atoms with E-state index >= 15 is 0 Å². The van der Waals surface area contributed by atoms with Gasteiger partial charge in [-0.05, 0) is 18.6 Å². The van der Waals surface area contributed by atoms with E-state index in [-0.39, 0.29) is 5.56 Å². The number of aromatic nitrogens is 2. The third-order valence-corrected chi connectivity index (χ3v) is 2.48. The number of benzene rings is 1. The van der Waals surface area contributed by atoms with E-state index in [4.69, 9.17) is 0 Å². The summed E-state index contributed by atoms with van der Waals surface area (Å²) in [4.78, 5) is 8.25. The van der Waals surface area contributed by atoms with E-state index in [9.17, 15) is 8.78 Å². The Morgan fingerprint density at radius 2 is 1.89 bits per heavy atom. The first-order valence-electron chi connectivity index (χ1n) is 5.55. The molecule has 0 bridgehead atoms. The molecule has 0 radical (unpaired) electrons. The molecular weight excluding hydrogens is 236 g/mol. The topological polar surface area (TPSA) is 37.8 Å². The van der Waals surface area contributed by atoms with E-state index in [2.05, 4.69) is 15.3 Å². The van der Waals surface area contributed by atoms with Crippen LogP contribution in [0.4, 0.5) is 14.7 Å². The summed E-state index contributed by atoms with van der Waals surface area (Å²) in [7, 11) is 0. The monoisotopic (exact) mass is 249 g/mol. The van der Waals surface area contributed by atoms with Gasteiger partial charge < -0.3 is 5.32 Å². The fraction of sp³-hybridized carbons (Fsp3) is 0.231. The van der Waals surface area contributed by atoms with Crippen molar-refractivity contribution in [2.24, 2.45) is 0 Å². The number of halogens is 2. The molecule has 0 aliphatic heterocycles. The van der Waals surface area contributed by atoms with Crippen molar-refractivity contribution >= 4 is 5.95 Å². The van der Waals surface area contributed by atoms with Crippen LogP contribution in [0.25, 0.3) is 0 Å². The summed E-state index contributed by atoms with van der Waals surface area (Å²) >= 11 is 0. The molecule has 0 unspecified atom stereocenters. The fourth-order valence-electron chi connectivity index (χ4n) is 1.50. The molecule has 1 aromatic heterocycles. The molecule has 2 rings (SSSR count). The second-order valence-electron chi connectivity index (χ2n) is 3.92. The highest BCUT2D eigenvalue weighted by atomic mass is 19.3. The summed E-state index contributed by atoms with van der Waals surface area (Å²) in [5, 5.41) is 3.04. The summed E-state index contributed by atoms with van der Waals surface area (Å²) < 4.78 is 24.7. The van der Waals surface area contributed by atoms with Crippen LogP contribution in [0.3, 0.4) is 0 Å². The number of rotatable bonds is 4. The smallest absolute Gasteiger partial charge is 0.263 e. The lowest BCUT2D eigenvalue weighted by Gasteiger charge is -2.06. The van der Waals surface area contributed by atoms with Gasteiger partial charge in [0.15, 0.2) is 0 Å². The van der Waals surface area contributed by atoms with Gasteiger partial charge in [-0.25, -0.2) is 18.7 Å². The van der Waals surface area contributed by atoms with Crippen molar-refractivity contribution in [1.82, 2.24) is 9.97 Å². The lowest BCUT2D eigenvalue weighted by atomic mass is 10.1. The molecule has 94 valence electrons. The Morgan fingerprint density at radius 3 is 2.50 bits per heavy atom. The summed E-state index contributed by atoms with van der Waals surface area (Å²) in [5.41, 5.74) is 1.82. The van der Waals surface area contributed by atoms with Gasteiger partial charge in [-0.15, -0.1) is 0 Å². The van der Waals surface area contributed by atoms with Crippen molar-refractivity contribution in [1.29, 1.82) is 0 Å². The van der Waals surface area contributed by atoms with Gasteiger partial charge >= 0.3 is 0 Å². The predicted molar refractivity (Wildman–Crippen MR) is 65.5 cm³/mol. The third kappa shape index (κ3) is 3.23. The molecule has 3 nitrogen and oxygen atoms in total. The average Bonchev–Trinajstić information content (AvgIpc) is 2.37. The van der Waals surface area contributed by atoms with Gasteiger partial charge in [0.25, 0.3) is 6.43 Å². The summed E-state index contributed by atoms with van der Waals surface area (Å²) in [6.07, 6.45) is -0.753. The molecule has 2 aromatic rings. The Bertz CT molecular complexity index is 512. The minimum absolute atomic E-state index is 0.0329. The number of hydrogen-bond acceptors (Lipinski definition) is 3. The largest absolute Gasteiger partial charge is 0.350 e. The van der Waals surface area contributed by atoms with E-state index in [1.54, 1.807) is 18.3 Å². The maximum absolute atomic E-state index is 12.4. The number of alkyl halides is 2. The van der Waals surface area contributed by atoms with Crippen LogP contribution in [0.2, 0.25) is 0 Å². The molecule has 0 spiro atoms. The molecular formula is C13H13F2N3. The number of nitrogens with one attached hydrogen (secondary N) is 1. The van der Waals surface area contributed by atoms with Crippen LogP contribution < -0.4 is 5.32 Å². The van der Waals surface area contributed by atoms with Gasteiger partial charge in [0.05, 0.1) is 0 Å². The molecule has 0 saturated carbocycles. The van der Waals surface area contributed by atoms with Crippen LogP contribution in [0.5, 0.6) is 0 Å². The number of aryl methyl sites for hydroxylation is 1. The Morgan fingerprint density at radius 1 is 1.17 bits per heavy atom. The molecule has 0 atom stereocenters. The molecule has 1 heterocycles. The average molecular weight is 249 g/mol. The Labute approximate surface area is 104 Å². The lowest BCUT2D eigenvalue weighted by molar-refractivity contribution is 0.151. The minimum Gasteiger partial charge on any atom is -0.350 e. The summed E-state index contributed by atoms with van der Waals surface area (Å²) in [6.45, 7) is 2.39. The van der Waals surface area contributed by atoms with Gasteiger partial charge in [0.1, 0.15) is 0 Å². The Kier molecular flexibility index (Phi) is 3.82. The van der Waals surface area contributed by atoms with Crippen molar-refractivity contribution in [2.75, 3.05) is 5.32 Å². The quantitative estimate of drug-likeness (QED) is 0.903. The molecule has 0 fully saturated rings. The first-order valence-corrected chi connectivity index (χ1v) is 5.55. The van der Waals surface area contributed by atoms with Crippen molar-refractivity contribution in [3.8, 4) is 0 Å². The fourth-order valence-corrected chi connectivity index (χ4v) is 1.50. The van der Waals surface area contributed by atoms with Crippen LogP contribution in [-0.2, 0) is 6.54 Å². The maximum atomic E-state index is 12.4. The zero-order chi connectivity index (χ0) is 13.0. The molecule has 0 saturated heterocycles. The molecule has 0 aliphatic rings. The van der Waals surface area contributed by atoms with Crippen LogP contribution in [0.15, 0.2) is 36.5 Å². The minimum atomic E-state index is -2.42. The van der Waals surface area contributed by atoms with Crippen molar-refractivity contribution in [3.63, 3.8) is 0 Å². The van der Waals surface area contributed by atoms with Gasteiger partial charge in [-0.2, -0.15) is 0 Å². The maximum Gasteiger partial charge on any atom is 0.263 e. The zero-order valence-electron chi connectivity index (χ0n) is 9.90. The number of hydrogen-bond donors (Lipinski definition) is 1. The van der Waals surface area contributed by atoms with E-state index in [0.717, 1.165) is 11.3 Å². The van der Waals surface area contributed by atoms with E-state index < -0.39 is 6.43 Å². The van der Waals surface area contributed by atoms with Crippen molar-refractivity contribution in [3.05, 3.63) is 53.3 Å². The third-order valence-electron chi connectivity index (χ3n) is 2.48. The van der Waals surface area contributed by atoms with Crippen LogP contribution in [0.1, 0.15) is 23.2 Å². The normalized spacial score (nSPS) is 10.7. The highest BCUT2D eigenvalue weighted by Gasteiger charge is 2.05. The second kappa shape index (κ2) is 5.53. The molecule has 0 amide bonds. The van der Waals surface area contributed by atoms with Crippen molar-refractivity contribution in [2.45, 2.75) is 19.9 Å².